The van der Waals surface area contributed by atoms with Crippen LogP contribution in [-0.4, -0.2) is 30.3 Å². The second-order valence-corrected chi connectivity index (χ2v) is 5.90. The van der Waals surface area contributed by atoms with Gasteiger partial charge in [0.05, 0.1) is 19.8 Å². The molecule has 0 amide bonds. The second-order valence-electron chi connectivity index (χ2n) is 5.90. The molecule has 1 unspecified atom stereocenters. The van der Waals surface area contributed by atoms with Gasteiger partial charge in [0, 0.05) is 17.6 Å². The molecule has 0 spiro atoms. The SMILES string of the molecule is CC.CC.COOc1cc(C(=O)O)c2cc(CC3C=CC(F)=CC3)cnc2c1OC. The maximum atomic E-state index is 13.1. The van der Waals surface area contributed by atoms with Gasteiger partial charge in [-0.05, 0) is 42.5 Å². The quantitative estimate of drug-likeness (QED) is 0.463. The number of allylic oxidation sites excluding steroid dienone is 4. The Morgan fingerprint density at radius 2 is 1.93 bits per heavy atom. The Morgan fingerprint density at radius 1 is 1.23 bits per heavy atom. The molecule has 1 aromatic carbocycles. The summed E-state index contributed by atoms with van der Waals surface area (Å²) in [5.74, 6) is -0.779. The molecule has 1 N–H and O–H groups in total. The molecule has 1 aromatic heterocycles. The average Bonchev–Trinajstić information content (AvgIpc) is 2.77. The molecular formula is C23H30FNO5. The van der Waals surface area contributed by atoms with Gasteiger partial charge in [0.25, 0.3) is 0 Å². The van der Waals surface area contributed by atoms with Crippen molar-refractivity contribution in [2.24, 2.45) is 5.92 Å². The van der Waals surface area contributed by atoms with Gasteiger partial charge in [-0.2, -0.15) is 4.89 Å². The summed E-state index contributed by atoms with van der Waals surface area (Å²) in [6.07, 6.45) is 7.68. The molecule has 0 aliphatic heterocycles. The maximum Gasteiger partial charge on any atom is 0.336 e. The van der Waals surface area contributed by atoms with Crippen LogP contribution in [-0.2, 0) is 11.3 Å². The van der Waals surface area contributed by atoms with Gasteiger partial charge in [0.2, 0.25) is 5.75 Å². The monoisotopic (exact) mass is 419 g/mol. The smallest absolute Gasteiger partial charge is 0.336 e. The number of halogens is 1. The van der Waals surface area contributed by atoms with E-state index in [0.717, 1.165) is 5.56 Å². The third-order valence-electron chi connectivity index (χ3n) is 4.20. The van der Waals surface area contributed by atoms with Gasteiger partial charge < -0.3 is 14.7 Å². The number of pyridine rings is 1. The summed E-state index contributed by atoms with van der Waals surface area (Å²) in [5.41, 5.74) is 1.26. The third-order valence-corrected chi connectivity index (χ3v) is 4.20. The van der Waals surface area contributed by atoms with E-state index in [-0.39, 0.29) is 23.1 Å². The van der Waals surface area contributed by atoms with Crippen LogP contribution >= 0.6 is 0 Å². The minimum atomic E-state index is -1.11. The van der Waals surface area contributed by atoms with Gasteiger partial charge in [-0.25, -0.2) is 9.18 Å². The van der Waals surface area contributed by atoms with Gasteiger partial charge in [-0.1, -0.05) is 33.8 Å². The van der Waals surface area contributed by atoms with Crippen LogP contribution in [0.3, 0.4) is 0 Å². The summed E-state index contributed by atoms with van der Waals surface area (Å²) in [7, 11) is 2.76. The molecule has 6 nitrogen and oxygen atoms in total. The first kappa shape index (κ1) is 25.1. The first-order valence-corrected chi connectivity index (χ1v) is 10.0. The first-order valence-electron chi connectivity index (χ1n) is 10.0. The van der Waals surface area contributed by atoms with Crippen LogP contribution in [0.2, 0.25) is 0 Å². The van der Waals surface area contributed by atoms with E-state index in [1.165, 1.54) is 26.4 Å². The Hall–Kier alpha value is -2.93. The van der Waals surface area contributed by atoms with E-state index in [0.29, 0.717) is 29.5 Å². The van der Waals surface area contributed by atoms with Crippen LogP contribution in [0.1, 0.15) is 50.0 Å². The van der Waals surface area contributed by atoms with Crippen LogP contribution in [0.15, 0.2) is 42.4 Å². The summed E-state index contributed by atoms with van der Waals surface area (Å²) < 4.78 is 18.4. The Labute approximate surface area is 176 Å². The lowest BCUT2D eigenvalue weighted by atomic mass is 9.92. The second kappa shape index (κ2) is 12.6. The van der Waals surface area contributed by atoms with Crippen molar-refractivity contribution in [1.82, 2.24) is 4.98 Å². The number of rotatable bonds is 6. The highest BCUT2D eigenvalue weighted by atomic mass is 19.1. The third kappa shape index (κ3) is 6.03. The van der Waals surface area contributed by atoms with Crippen LogP contribution in [0.25, 0.3) is 10.9 Å². The Bertz CT molecular complexity index is 908. The normalized spacial score (nSPS) is 14.6. The summed E-state index contributed by atoms with van der Waals surface area (Å²) in [4.78, 5) is 25.7. The summed E-state index contributed by atoms with van der Waals surface area (Å²) in [6.45, 7) is 8.00. The number of carbonyl (C=O) groups is 1. The first-order chi connectivity index (χ1) is 14.5. The van der Waals surface area contributed by atoms with E-state index in [1.807, 2.05) is 33.8 Å². The standard InChI is InChI=1S/C19H18FNO5.2C2H6/c1-24-18-16(26-25-2)9-15(19(22)23)14-8-12(10-21-17(14)18)7-11-3-5-13(20)6-4-11;2*1-2/h3,5-6,8-11H,4,7H2,1-2H3,(H,22,23);2*1-2H3. The fourth-order valence-corrected chi connectivity index (χ4v) is 3.02. The fourth-order valence-electron chi connectivity index (χ4n) is 3.02. The number of nitrogens with zero attached hydrogens (tertiary/aromatic N) is 1. The zero-order valence-corrected chi connectivity index (χ0v) is 18.4. The van der Waals surface area contributed by atoms with Gasteiger partial charge in [0.15, 0.2) is 5.75 Å². The molecule has 30 heavy (non-hydrogen) atoms. The van der Waals surface area contributed by atoms with E-state index in [4.69, 9.17) is 9.62 Å². The van der Waals surface area contributed by atoms with E-state index in [9.17, 15) is 14.3 Å². The topological polar surface area (TPSA) is 77.9 Å². The zero-order chi connectivity index (χ0) is 22.7. The van der Waals surface area contributed by atoms with Crippen molar-refractivity contribution in [2.75, 3.05) is 14.2 Å². The molecule has 7 heteroatoms. The van der Waals surface area contributed by atoms with Gasteiger partial charge in [0.1, 0.15) is 11.3 Å². The van der Waals surface area contributed by atoms with Crippen molar-refractivity contribution in [3.63, 3.8) is 0 Å². The lowest BCUT2D eigenvalue weighted by Crippen LogP contribution is -2.06. The zero-order valence-electron chi connectivity index (χ0n) is 18.4. The van der Waals surface area contributed by atoms with Crippen molar-refractivity contribution in [2.45, 2.75) is 40.5 Å². The fraction of sp³-hybridized carbons (Fsp3) is 0.391. The predicted molar refractivity (Wildman–Crippen MR) is 116 cm³/mol. The molecule has 0 fully saturated rings. The predicted octanol–water partition coefficient (Wildman–Crippen LogP) is 5.91. The van der Waals surface area contributed by atoms with Crippen LogP contribution in [0, 0.1) is 5.92 Å². The van der Waals surface area contributed by atoms with Crippen molar-refractivity contribution in [1.29, 1.82) is 0 Å². The van der Waals surface area contributed by atoms with Crippen molar-refractivity contribution in [3.8, 4) is 11.5 Å². The number of hydrogen-bond donors (Lipinski definition) is 1. The number of fused-ring (bicyclic) bond motifs is 1. The van der Waals surface area contributed by atoms with Crippen LogP contribution < -0.4 is 9.62 Å². The largest absolute Gasteiger partial charge is 0.491 e. The van der Waals surface area contributed by atoms with Crippen molar-refractivity contribution < 1.29 is 28.8 Å². The summed E-state index contributed by atoms with van der Waals surface area (Å²) in [6, 6.07) is 3.12. The summed E-state index contributed by atoms with van der Waals surface area (Å²) in [5, 5.41) is 10.00. The number of methoxy groups -OCH3 is 1. The summed E-state index contributed by atoms with van der Waals surface area (Å²) >= 11 is 0. The van der Waals surface area contributed by atoms with E-state index >= 15 is 0 Å². The molecule has 0 saturated carbocycles. The number of carboxylic acid groups (broad SMARTS) is 1. The highest BCUT2D eigenvalue weighted by Crippen LogP contribution is 2.37. The number of benzene rings is 1. The van der Waals surface area contributed by atoms with E-state index < -0.39 is 5.97 Å². The number of aromatic nitrogens is 1. The lowest BCUT2D eigenvalue weighted by molar-refractivity contribution is -0.179. The molecule has 3 rings (SSSR count). The van der Waals surface area contributed by atoms with Crippen molar-refractivity contribution >= 4 is 16.9 Å². The number of ether oxygens (including phenoxy) is 1. The Morgan fingerprint density at radius 3 is 2.47 bits per heavy atom. The minimum absolute atomic E-state index is 0.0346. The minimum Gasteiger partial charge on any atom is -0.491 e. The highest BCUT2D eigenvalue weighted by molar-refractivity contribution is 6.05. The molecule has 1 heterocycles. The van der Waals surface area contributed by atoms with Crippen molar-refractivity contribution in [3.05, 3.63) is 53.5 Å². The molecule has 164 valence electrons. The Kier molecular flexibility index (Phi) is 10.5. The molecule has 0 radical (unpaired) electrons. The van der Waals surface area contributed by atoms with Gasteiger partial charge >= 0.3 is 5.97 Å². The molecular weight excluding hydrogens is 389 g/mol. The average molecular weight is 419 g/mol. The Balaban J connectivity index is 0.00000106. The van der Waals surface area contributed by atoms with E-state index in [1.54, 1.807) is 18.3 Å². The number of hydrogen-bond acceptors (Lipinski definition) is 5. The van der Waals surface area contributed by atoms with Gasteiger partial charge in [-0.15, -0.1) is 0 Å². The molecule has 1 aliphatic rings. The number of aromatic carboxylic acids is 1. The van der Waals surface area contributed by atoms with E-state index in [2.05, 4.69) is 9.87 Å². The molecule has 0 bridgehead atoms. The van der Waals surface area contributed by atoms with Gasteiger partial charge in [-0.3, -0.25) is 4.98 Å². The van der Waals surface area contributed by atoms with Crippen LogP contribution in [0.5, 0.6) is 11.5 Å². The molecule has 1 aliphatic carbocycles. The maximum absolute atomic E-state index is 13.1. The lowest BCUT2D eigenvalue weighted by Gasteiger charge is -2.16. The molecule has 1 atom stereocenters. The number of carboxylic acids is 1. The molecule has 2 aromatic rings. The van der Waals surface area contributed by atoms with Crippen LogP contribution in [0.4, 0.5) is 4.39 Å². The highest BCUT2D eigenvalue weighted by Gasteiger charge is 2.21. The molecule has 0 saturated heterocycles.